The zero-order chi connectivity index (χ0) is 14.6. The molecule has 108 valence electrons. The van der Waals surface area contributed by atoms with Gasteiger partial charge in [0.2, 0.25) is 5.91 Å². The Morgan fingerprint density at radius 3 is 2.63 bits per heavy atom. The van der Waals surface area contributed by atoms with E-state index in [-0.39, 0.29) is 11.9 Å². The van der Waals surface area contributed by atoms with E-state index in [4.69, 9.17) is 17.0 Å². The molecule has 0 aliphatic carbocycles. The predicted octanol–water partition coefficient (Wildman–Crippen LogP) is 2.75. The molecule has 0 saturated carbocycles. The minimum Gasteiger partial charge on any atom is -0.458 e. The van der Waals surface area contributed by atoms with Gasteiger partial charge in [-0.25, -0.2) is 4.79 Å². The minimum absolute atomic E-state index is 0.0762. The van der Waals surface area contributed by atoms with Crippen LogP contribution in [0.25, 0.3) is 0 Å². The van der Waals surface area contributed by atoms with Crippen molar-refractivity contribution in [2.45, 2.75) is 58.6 Å². The van der Waals surface area contributed by atoms with E-state index in [1.807, 2.05) is 27.7 Å². The van der Waals surface area contributed by atoms with E-state index in [0.29, 0.717) is 16.5 Å². The second-order valence-electron chi connectivity index (χ2n) is 5.49. The lowest BCUT2D eigenvalue weighted by atomic mass is 10.2. The molecule has 0 spiro atoms. The first-order chi connectivity index (χ1) is 8.76. The zero-order valence-corrected chi connectivity index (χ0v) is 13.5. The summed E-state index contributed by atoms with van der Waals surface area (Å²) in [5.41, 5.74) is -0.551. The average molecular weight is 303 g/mol. The smallest absolute Gasteiger partial charge is 0.330 e. The zero-order valence-electron chi connectivity index (χ0n) is 11.9. The molecule has 1 fully saturated rings. The maximum Gasteiger partial charge on any atom is 0.330 e. The summed E-state index contributed by atoms with van der Waals surface area (Å²) in [6.45, 7) is 7.47. The summed E-state index contributed by atoms with van der Waals surface area (Å²) in [5.74, 6) is 0.0448. The first-order valence-corrected chi connectivity index (χ1v) is 7.87. The Morgan fingerprint density at radius 2 is 2.11 bits per heavy atom. The van der Waals surface area contributed by atoms with E-state index in [9.17, 15) is 9.59 Å². The summed E-state index contributed by atoms with van der Waals surface area (Å²) in [5, 5.41) is 0. The normalized spacial score (nSPS) is 19.7. The summed E-state index contributed by atoms with van der Waals surface area (Å²) >= 11 is 6.53. The average Bonchev–Trinajstić information content (AvgIpc) is 2.66. The molecule has 4 nitrogen and oxygen atoms in total. The van der Waals surface area contributed by atoms with E-state index in [1.54, 1.807) is 0 Å². The summed E-state index contributed by atoms with van der Waals surface area (Å²) in [6, 6.07) is -0.568. The number of amides is 1. The number of esters is 1. The molecule has 1 aliphatic heterocycles. The molecule has 19 heavy (non-hydrogen) atoms. The van der Waals surface area contributed by atoms with Crippen molar-refractivity contribution >= 4 is 40.2 Å². The summed E-state index contributed by atoms with van der Waals surface area (Å²) in [4.78, 5) is 25.7. The highest BCUT2D eigenvalue weighted by atomic mass is 32.2. The number of nitrogens with zero attached hydrogens (tertiary/aromatic N) is 1. The second kappa shape index (κ2) is 6.70. The van der Waals surface area contributed by atoms with Gasteiger partial charge in [0.25, 0.3) is 0 Å². The SMILES string of the molecule is CCCCC(=O)N1C(=S)SC[C@H]1C(=O)OC(C)(C)C. The van der Waals surface area contributed by atoms with Crippen LogP contribution in [0.4, 0.5) is 0 Å². The molecule has 1 rings (SSSR count). The number of hydrogen-bond acceptors (Lipinski definition) is 5. The van der Waals surface area contributed by atoms with Crippen molar-refractivity contribution in [1.29, 1.82) is 0 Å². The summed E-state index contributed by atoms with van der Waals surface area (Å²) in [7, 11) is 0. The van der Waals surface area contributed by atoms with Gasteiger partial charge in [0.15, 0.2) is 0 Å². The molecule has 0 N–H and O–H groups in total. The highest BCUT2D eigenvalue weighted by Gasteiger charge is 2.40. The van der Waals surface area contributed by atoms with E-state index in [1.165, 1.54) is 16.7 Å². The number of unbranched alkanes of at least 4 members (excludes halogenated alkanes) is 1. The van der Waals surface area contributed by atoms with Gasteiger partial charge in [-0.15, -0.1) is 0 Å². The Balaban J connectivity index is 2.74. The lowest BCUT2D eigenvalue weighted by Gasteiger charge is -2.26. The first kappa shape index (κ1) is 16.4. The van der Waals surface area contributed by atoms with Gasteiger partial charge in [-0.05, 0) is 27.2 Å². The molecule has 0 unspecified atom stereocenters. The summed E-state index contributed by atoms with van der Waals surface area (Å²) in [6.07, 6.45) is 2.18. The Kier molecular flexibility index (Phi) is 5.80. The molecule has 1 aliphatic rings. The molecule has 0 aromatic rings. The fraction of sp³-hybridized carbons (Fsp3) is 0.769. The monoisotopic (exact) mass is 303 g/mol. The van der Waals surface area contributed by atoms with Gasteiger partial charge in [0.05, 0.1) is 0 Å². The lowest BCUT2D eigenvalue weighted by Crippen LogP contribution is -2.46. The molecule has 1 saturated heterocycles. The molecule has 1 atom stereocenters. The third kappa shape index (κ3) is 4.76. The van der Waals surface area contributed by atoms with E-state index in [0.717, 1.165) is 12.8 Å². The largest absolute Gasteiger partial charge is 0.458 e. The third-order valence-corrected chi connectivity index (χ3v) is 4.04. The van der Waals surface area contributed by atoms with Crippen molar-refractivity contribution in [3.05, 3.63) is 0 Å². The van der Waals surface area contributed by atoms with Gasteiger partial charge in [-0.2, -0.15) is 0 Å². The molecule has 0 bridgehead atoms. The molecular weight excluding hydrogens is 282 g/mol. The van der Waals surface area contributed by atoms with Crippen LogP contribution in [0.1, 0.15) is 47.0 Å². The van der Waals surface area contributed by atoms with Gasteiger partial charge in [0, 0.05) is 12.2 Å². The van der Waals surface area contributed by atoms with Crippen LogP contribution in [0.5, 0.6) is 0 Å². The Bertz CT molecular complexity index is 377. The van der Waals surface area contributed by atoms with Crippen molar-refractivity contribution in [2.24, 2.45) is 0 Å². The van der Waals surface area contributed by atoms with Crippen LogP contribution >= 0.6 is 24.0 Å². The van der Waals surface area contributed by atoms with Crippen molar-refractivity contribution < 1.29 is 14.3 Å². The number of hydrogen-bond donors (Lipinski definition) is 0. The Labute approximate surface area is 124 Å². The van der Waals surface area contributed by atoms with Crippen LogP contribution in [0.3, 0.4) is 0 Å². The number of carbonyl (C=O) groups is 2. The van der Waals surface area contributed by atoms with Crippen LogP contribution < -0.4 is 0 Å². The van der Waals surface area contributed by atoms with Crippen LogP contribution in [0, 0.1) is 0 Å². The molecule has 1 amide bonds. The third-order valence-electron chi connectivity index (χ3n) is 2.56. The van der Waals surface area contributed by atoms with Gasteiger partial charge in [-0.1, -0.05) is 37.3 Å². The van der Waals surface area contributed by atoms with E-state index >= 15 is 0 Å². The molecule has 0 radical (unpaired) electrons. The van der Waals surface area contributed by atoms with Gasteiger partial charge >= 0.3 is 5.97 Å². The fourth-order valence-corrected chi connectivity index (χ4v) is 3.08. The molecule has 6 heteroatoms. The fourth-order valence-electron chi connectivity index (χ4n) is 1.69. The second-order valence-corrected chi connectivity index (χ2v) is 7.15. The first-order valence-electron chi connectivity index (χ1n) is 6.48. The maximum atomic E-state index is 12.1. The lowest BCUT2D eigenvalue weighted by molar-refractivity contribution is -0.161. The minimum atomic E-state index is -0.568. The van der Waals surface area contributed by atoms with E-state index < -0.39 is 11.6 Å². The number of ether oxygens (including phenoxy) is 1. The van der Waals surface area contributed by atoms with Crippen molar-refractivity contribution in [2.75, 3.05) is 5.75 Å². The topological polar surface area (TPSA) is 46.6 Å². The van der Waals surface area contributed by atoms with Crippen LogP contribution in [0.15, 0.2) is 0 Å². The molecule has 0 aromatic carbocycles. The van der Waals surface area contributed by atoms with Gasteiger partial charge < -0.3 is 4.74 Å². The van der Waals surface area contributed by atoms with Crippen molar-refractivity contribution in [1.82, 2.24) is 4.90 Å². The molecule has 0 aromatic heterocycles. The van der Waals surface area contributed by atoms with Gasteiger partial charge in [0.1, 0.15) is 16.0 Å². The Hall–Kier alpha value is -0.620. The predicted molar refractivity (Wildman–Crippen MR) is 81.1 cm³/mol. The maximum absolute atomic E-state index is 12.1. The highest BCUT2D eigenvalue weighted by Crippen LogP contribution is 2.27. The molecular formula is C13H21NO3S2. The number of thiocarbonyl (C=S) groups is 1. The van der Waals surface area contributed by atoms with Crippen LogP contribution in [-0.4, -0.2) is 38.5 Å². The van der Waals surface area contributed by atoms with Gasteiger partial charge in [-0.3, -0.25) is 9.69 Å². The quantitative estimate of drug-likeness (QED) is 0.590. The number of rotatable bonds is 4. The van der Waals surface area contributed by atoms with Crippen molar-refractivity contribution in [3.63, 3.8) is 0 Å². The van der Waals surface area contributed by atoms with Crippen LogP contribution in [0.2, 0.25) is 0 Å². The number of carbonyl (C=O) groups excluding carboxylic acids is 2. The van der Waals surface area contributed by atoms with Crippen molar-refractivity contribution in [3.8, 4) is 0 Å². The highest BCUT2D eigenvalue weighted by molar-refractivity contribution is 8.23. The summed E-state index contributed by atoms with van der Waals surface area (Å²) < 4.78 is 5.83. The van der Waals surface area contributed by atoms with Crippen LogP contribution in [-0.2, 0) is 14.3 Å². The number of thioether (sulfide) groups is 1. The molecule has 1 heterocycles. The standard InChI is InChI=1S/C13H21NO3S2/c1-5-6-7-10(15)14-9(8-19-12(14)18)11(16)17-13(2,3)4/h9H,5-8H2,1-4H3/t9-/m0/s1. The Morgan fingerprint density at radius 1 is 1.47 bits per heavy atom. The van der Waals surface area contributed by atoms with E-state index in [2.05, 4.69) is 0 Å².